The van der Waals surface area contributed by atoms with Gasteiger partial charge in [-0.05, 0) is 66.1 Å². The summed E-state index contributed by atoms with van der Waals surface area (Å²) in [5, 5.41) is 2.72. The van der Waals surface area contributed by atoms with E-state index in [1.165, 1.54) is 34.8 Å². The molecule has 1 atom stereocenters. The molecule has 34 heavy (non-hydrogen) atoms. The summed E-state index contributed by atoms with van der Waals surface area (Å²) in [5.74, 6) is -2.26. The highest BCUT2D eigenvalue weighted by atomic mass is 127. The minimum atomic E-state index is -3.59. The molecule has 3 rings (SSSR count). The Bertz CT molecular complexity index is 1160. The molecule has 186 valence electrons. The molecule has 2 aromatic rings. The minimum absolute atomic E-state index is 0.0305. The van der Waals surface area contributed by atoms with Crippen LogP contribution in [0, 0.1) is 15.2 Å². The van der Waals surface area contributed by atoms with Gasteiger partial charge in [0.15, 0.2) is 0 Å². The van der Waals surface area contributed by atoms with E-state index < -0.39 is 27.8 Å². The summed E-state index contributed by atoms with van der Waals surface area (Å²) in [6.45, 7) is 0.443. The van der Waals surface area contributed by atoms with Gasteiger partial charge in [-0.15, -0.1) is 0 Å². The van der Waals surface area contributed by atoms with E-state index in [1.807, 2.05) is 22.6 Å². The number of carbonyl (C=O) groups excluding carboxylic acids is 1. The maximum Gasteiger partial charge on any atom is 0.281 e. The number of hydrogen-bond acceptors (Lipinski definition) is 5. The first-order chi connectivity index (χ1) is 16.0. The van der Waals surface area contributed by atoms with Gasteiger partial charge in [0.2, 0.25) is 0 Å². The number of ether oxygens (including phenoxy) is 1. The summed E-state index contributed by atoms with van der Waals surface area (Å²) in [6.07, 6.45) is 2.66. The Morgan fingerprint density at radius 2 is 1.97 bits per heavy atom. The Morgan fingerprint density at radius 1 is 1.24 bits per heavy atom. The Morgan fingerprint density at radius 3 is 2.62 bits per heavy atom. The number of nitrogens with zero attached hydrogens (tertiary/aromatic N) is 2. The van der Waals surface area contributed by atoms with E-state index in [4.69, 9.17) is 10.5 Å². The van der Waals surface area contributed by atoms with Crippen LogP contribution in [-0.4, -0.2) is 56.2 Å². The van der Waals surface area contributed by atoms with Crippen molar-refractivity contribution in [3.05, 3.63) is 51.1 Å². The van der Waals surface area contributed by atoms with Gasteiger partial charge in [-0.25, -0.2) is 8.78 Å². The third kappa shape index (κ3) is 6.15. The molecule has 1 saturated heterocycles. The Labute approximate surface area is 211 Å². The van der Waals surface area contributed by atoms with Gasteiger partial charge in [-0.2, -0.15) is 17.0 Å². The number of benzene rings is 2. The van der Waals surface area contributed by atoms with Gasteiger partial charge in [0, 0.05) is 36.3 Å². The van der Waals surface area contributed by atoms with Crippen molar-refractivity contribution in [1.29, 1.82) is 0 Å². The second-order valence-electron chi connectivity index (χ2n) is 8.13. The highest BCUT2D eigenvalue weighted by Crippen LogP contribution is 2.32. The average Bonchev–Trinajstić information content (AvgIpc) is 2.75. The molecule has 2 aromatic carbocycles. The van der Waals surface area contributed by atoms with Crippen LogP contribution in [-0.2, 0) is 10.2 Å². The molecule has 0 saturated carbocycles. The first-order valence-corrected chi connectivity index (χ1v) is 13.2. The van der Waals surface area contributed by atoms with Gasteiger partial charge in [0.05, 0.1) is 18.0 Å². The van der Waals surface area contributed by atoms with Crippen LogP contribution in [0.25, 0.3) is 0 Å². The lowest BCUT2D eigenvalue weighted by atomic mass is 10.0. The normalized spacial score (nSPS) is 17.1. The summed E-state index contributed by atoms with van der Waals surface area (Å²) in [7, 11) is -0.629. The van der Waals surface area contributed by atoms with Crippen molar-refractivity contribution in [3.63, 3.8) is 0 Å². The minimum Gasteiger partial charge on any atom is -0.493 e. The molecule has 0 bridgehead atoms. The highest BCUT2D eigenvalue weighted by molar-refractivity contribution is 14.1. The van der Waals surface area contributed by atoms with Crippen LogP contribution in [0.15, 0.2) is 30.3 Å². The summed E-state index contributed by atoms with van der Waals surface area (Å²) >= 11 is 1.96. The van der Waals surface area contributed by atoms with E-state index in [1.54, 1.807) is 6.07 Å². The number of carbonyl (C=O) groups is 1. The number of hydrogen-bond donors (Lipinski definition) is 2. The molecule has 1 amide bonds. The third-order valence-electron chi connectivity index (χ3n) is 5.55. The molecule has 8 nitrogen and oxygen atoms in total. The first kappa shape index (κ1) is 26.6. The summed E-state index contributed by atoms with van der Waals surface area (Å²) in [6, 6.07) is 6.20. The predicted octanol–water partition coefficient (Wildman–Crippen LogP) is 3.84. The summed E-state index contributed by atoms with van der Waals surface area (Å²) in [5.41, 5.74) is 5.43. The molecule has 3 N–H and O–H groups in total. The zero-order valence-corrected chi connectivity index (χ0v) is 21.8. The van der Waals surface area contributed by atoms with Crippen molar-refractivity contribution in [1.82, 2.24) is 8.61 Å². The second kappa shape index (κ2) is 11.1. The second-order valence-corrected chi connectivity index (χ2v) is 11.5. The predicted molar refractivity (Wildman–Crippen MR) is 134 cm³/mol. The van der Waals surface area contributed by atoms with E-state index in [0.717, 1.165) is 25.0 Å². The molecule has 1 fully saturated rings. The monoisotopic (exact) mass is 608 g/mol. The molecule has 0 radical (unpaired) electrons. The SMILES string of the molecule is CN(C)S(=O)(=O)N1CCCCC1CCOc1cc(F)cc(Nc2ccc(I)cc2F)c1C(N)=O. The van der Waals surface area contributed by atoms with Crippen molar-refractivity contribution < 1.29 is 26.7 Å². The number of anilines is 2. The topological polar surface area (TPSA) is 105 Å². The van der Waals surface area contributed by atoms with Crippen LogP contribution in [0.2, 0.25) is 0 Å². The van der Waals surface area contributed by atoms with Crippen LogP contribution < -0.4 is 15.8 Å². The van der Waals surface area contributed by atoms with Crippen LogP contribution >= 0.6 is 22.6 Å². The van der Waals surface area contributed by atoms with Crippen LogP contribution in [0.1, 0.15) is 36.0 Å². The van der Waals surface area contributed by atoms with Gasteiger partial charge in [0.25, 0.3) is 16.1 Å². The highest BCUT2D eigenvalue weighted by Gasteiger charge is 2.33. The molecule has 1 aliphatic rings. The zero-order valence-electron chi connectivity index (χ0n) is 18.9. The average molecular weight is 608 g/mol. The molecule has 1 aliphatic heterocycles. The fourth-order valence-electron chi connectivity index (χ4n) is 3.87. The van der Waals surface area contributed by atoms with Gasteiger partial charge in [-0.3, -0.25) is 4.79 Å². The van der Waals surface area contributed by atoms with Crippen LogP contribution in [0.3, 0.4) is 0 Å². The number of halogens is 3. The van der Waals surface area contributed by atoms with Gasteiger partial charge < -0.3 is 15.8 Å². The smallest absolute Gasteiger partial charge is 0.281 e. The number of nitrogens with two attached hydrogens (primary N) is 1. The van der Waals surface area contributed by atoms with Crippen molar-refractivity contribution in [2.24, 2.45) is 5.73 Å². The quantitative estimate of drug-likeness (QED) is 0.421. The van der Waals surface area contributed by atoms with Gasteiger partial charge >= 0.3 is 0 Å². The fraction of sp³-hybridized carbons (Fsp3) is 0.409. The maximum atomic E-state index is 14.4. The molecular formula is C22H27F2IN4O4S. The number of amides is 1. The first-order valence-electron chi connectivity index (χ1n) is 10.7. The van der Waals surface area contributed by atoms with Crippen LogP contribution in [0.4, 0.5) is 20.2 Å². The maximum absolute atomic E-state index is 14.4. The molecule has 1 heterocycles. The summed E-state index contributed by atoms with van der Waals surface area (Å²) in [4.78, 5) is 12.2. The standard InChI is InChI=1S/C22H27F2IN4O4S/c1-28(2)34(31,32)29-9-4-3-5-16(29)8-10-33-20-12-14(23)11-19(21(20)22(26)30)27-18-7-6-15(25)13-17(18)24/h6-7,11-13,16,27H,3-5,8-10H2,1-2H3,(H2,26,30). The van der Waals surface area contributed by atoms with Crippen molar-refractivity contribution in [2.45, 2.75) is 31.7 Å². The molecule has 0 spiro atoms. The lowest BCUT2D eigenvalue weighted by molar-refractivity contribution is 0.0996. The van der Waals surface area contributed by atoms with Crippen LogP contribution in [0.5, 0.6) is 5.75 Å². The number of nitrogens with one attached hydrogen (secondary N) is 1. The van der Waals surface area contributed by atoms with E-state index >= 15 is 0 Å². The number of primary amides is 1. The molecular weight excluding hydrogens is 581 g/mol. The van der Waals surface area contributed by atoms with Crippen molar-refractivity contribution in [2.75, 3.05) is 32.6 Å². The number of piperidine rings is 1. The zero-order chi connectivity index (χ0) is 25.0. The molecule has 0 aromatic heterocycles. The van der Waals surface area contributed by atoms with E-state index in [0.29, 0.717) is 23.0 Å². The lowest BCUT2D eigenvalue weighted by Gasteiger charge is -2.36. The largest absolute Gasteiger partial charge is 0.493 e. The molecule has 0 aliphatic carbocycles. The molecule has 1 unspecified atom stereocenters. The van der Waals surface area contributed by atoms with E-state index in [9.17, 15) is 22.0 Å². The molecule has 12 heteroatoms. The lowest BCUT2D eigenvalue weighted by Crippen LogP contribution is -2.49. The van der Waals surface area contributed by atoms with Gasteiger partial charge in [0.1, 0.15) is 22.9 Å². The van der Waals surface area contributed by atoms with E-state index in [-0.39, 0.29) is 35.3 Å². The number of rotatable bonds is 9. The van der Waals surface area contributed by atoms with E-state index in [2.05, 4.69) is 5.32 Å². The summed E-state index contributed by atoms with van der Waals surface area (Å²) < 4.78 is 63.0. The van der Waals surface area contributed by atoms with Crippen molar-refractivity contribution in [3.8, 4) is 5.75 Å². The van der Waals surface area contributed by atoms with Crippen molar-refractivity contribution >= 4 is 50.1 Å². The van der Waals surface area contributed by atoms with Gasteiger partial charge in [-0.1, -0.05) is 6.42 Å². The Balaban J connectivity index is 1.81. The third-order valence-corrected chi connectivity index (χ3v) is 8.22. The fourth-order valence-corrected chi connectivity index (χ4v) is 5.69. The Kier molecular flexibility index (Phi) is 8.71. The Hall–Kier alpha value is -2.03.